The Morgan fingerprint density at radius 1 is 0.667 bits per heavy atom. The summed E-state index contributed by atoms with van der Waals surface area (Å²) in [5.41, 5.74) is 0.731. The van der Waals surface area contributed by atoms with Crippen LogP contribution in [0.5, 0.6) is 0 Å². The highest BCUT2D eigenvalue weighted by Crippen LogP contribution is 2.30. The number of esters is 4. The second-order valence-corrected chi connectivity index (χ2v) is 13.3. The van der Waals surface area contributed by atoms with E-state index in [1.165, 1.54) is 51.4 Å². The highest BCUT2D eigenvalue weighted by molar-refractivity contribution is 5.85. The van der Waals surface area contributed by atoms with E-state index in [2.05, 4.69) is 17.6 Å². The molecule has 0 aromatic heterocycles. The van der Waals surface area contributed by atoms with Crippen LogP contribution in [0, 0.1) is 0 Å². The summed E-state index contributed by atoms with van der Waals surface area (Å²) in [6, 6.07) is 7.66. The van der Waals surface area contributed by atoms with E-state index in [-0.39, 0.29) is 6.61 Å². The monoisotopic (exact) mass is 764 g/mol. The van der Waals surface area contributed by atoms with Crippen LogP contribution in [0.1, 0.15) is 117 Å². The lowest BCUT2D eigenvalue weighted by molar-refractivity contribution is -0.308. The van der Waals surface area contributed by atoms with Gasteiger partial charge in [0.15, 0.2) is 24.6 Å². The predicted octanol–water partition coefficient (Wildman–Crippen LogP) is 5.20. The predicted molar refractivity (Wildman–Crippen MR) is 196 cm³/mol. The van der Waals surface area contributed by atoms with Crippen molar-refractivity contribution in [3.05, 3.63) is 35.9 Å². The Morgan fingerprint density at radius 3 is 1.76 bits per heavy atom. The molecule has 0 bridgehead atoms. The van der Waals surface area contributed by atoms with Crippen molar-refractivity contribution >= 4 is 35.9 Å². The number of carbonyl (C=O) groups excluding carboxylic acids is 6. The van der Waals surface area contributed by atoms with Crippen LogP contribution < -0.4 is 10.6 Å². The zero-order chi connectivity index (χ0) is 39.7. The first kappa shape index (κ1) is 45.9. The molecular formula is C39H60N2O13. The van der Waals surface area contributed by atoms with Crippen LogP contribution >= 0.6 is 0 Å². The number of alkyl carbamates (subject to hydrolysis) is 1. The van der Waals surface area contributed by atoms with Crippen molar-refractivity contribution in [2.75, 3.05) is 19.8 Å². The van der Waals surface area contributed by atoms with Gasteiger partial charge in [-0.25, -0.2) is 4.79 Å². The molecule has 2 rings (SSSR count). The van der Waals surface area contributed by atoms with E-state index in [0.29, 0.717) is 6.54 Å². The number of carbonyl (C=O) groups is 6. The quantitative estimate of drug-likeness (QED) is 0.0751. The van der Waals surface area contributed by atoms with Crippen molar-refractivity contribution in [3.8, 4) is 0 Å². The molecule has 304 valence electrons. The summed E-state index contributed by atoms with van der Waals surface area (Å²) in [5.74, 6) is -3.64. The molecular weight excluding hydrogens is 704 g/mol. The molecule has 1 aromatic rings. The van der Waals surface area contributed by atoms with Gasteiger partial charge >= 0.3 is 30.0 Å². The summed E-state index contributed by atoms with van der Waals surface area (Å²) in [6.07, 6.45) is 5.96. The first-order chi connectivity index (χ1) is 25.9. The van der Waals surface area contributed by atoms with Gasteiger partial charge in [-0.3, -0.25) is 24.0 Å². The number of benzene rings is 1. The maximum atomic E-state index is 13.4. The molecule has 2 amide bonds. The molecule has 0 unspecified atom stereocenters. The molecule has 2 N–H and O–H groups in total. The van der Waals surface area contributed by atoms with E-state index in [1.54, 1.807) is 24.3 Å². The molecule has 1 aromatic carbocycles. The Kier molecular flexibility index (Phi) is 22.6. The van der Waals surface area contributed by atoms with Gasteiger partial charge in [0.1, 0.15) is 25.4 Å². The zero-order valence-electron chi connectivity index (χ0n) is 32.5. The minimum absolute atomic E-state index is 0.0551. The minimum Gasteiger partial charge on any atom is -0.463 e. The molecule has 1 fully saturated rings. The molecule has 15 nitrogen and oxygen atoms in total. The summed E-state index contributed by atoms with van der Waals surface area (Å²) in [5, 5.41) is 5.36. The summed E-state index contributed by atoms with van der Waals surface area (Å²) in [4.78, 5) is 74.4. The molecule has 15 heteroatoms. The number of hydrogen-bond donors (Lipinski definition) is 2. The fourth-order valence-electron chi connectivity index (χ4n) is 5.90. The van der Waals surface area contributed by atoms with Gasteiger partial charge in [-0.15, -0.1) is 0 Å². The van der Waals surface area contributed by atoms with Gasteiger partial charge in [0, 0.05) is 34.2 Å². The van der Waals surface area contributed by atoms with E-state index in [4.69, 9.17) is 33.2 Å². The normalized spacial score (nSPS) is 19.8. The van der Waals surface area contributed by atoms with E-state index in [9.17, 15) is 28.8 Å². The number of rotatable bonds is 25. The van der Waals surface area contributed by atoms with Crippen molar-refractivity contribution in [3.63, 3.8) is 0 Å². The lowest BCUT2D eigenvalue weighted by Crippen LogP contribution is -2.63. The van der Waals surface area contributed by atoms with Crippen LogP contribution in [0.3, 0.4) is 0 Å². The van der Waals surface area contributed by atoms with Crippen LogP contribution in [0.15, 0.2) is 30.3 Å². The van der Waals surface area contributed by atoms with E-state index in [1.807, 2.05) is 6.07 Å². The van der Waals surface area contributed by atoms with Gasteiger partial charge in [-0.05, 0) is 12.0 Å². The molecule has 54 heavy (non-hydrogen) atoms. The highest BCUT2D eigenvalue weighted by atomic mass is 16.7. The average molecular weight is 765 g/mol. The van der Waals surface area contributed by atoms with E-state index >= 15 is 0 Å². The second kappa shape index (κ2) is 26.5. The minimum atomic E-state index is -1.54. The standard InChI is InChI=1S/C39H60N2O13/c1-6-7-8-9-10-11-12-13-14-15-16-20-23-40-37(46)32(41-39(47)50-24-31-21-18-17-19-22-31)25-49-38-36(53-30(5)45)35(52-29(4)44)34(51-28(3)43)33(54-38)26-48-27(2)42/h17-19,21-22,32-36,38H,6-16,20,23-26H2,1-5H3,(H,40,46)(H,41,47)/t32-,33+,34+,35-,36+,38+/m0/s1. The Hall–Kier alpha value is -4.24. The van der Waals surface area contributed by atoms with E-state index in [0.717, 1.165) is 58.9 Å². The Morgan fingerprint density at radius 2 is 1.20 bits per heavy atom. The number of amides is 2. The molecule has 1 saturated heterocycles. The highest BCUT2D eigenvalue weighted by Gasteiger charge is 2.53. The Balaban J connectivity index is 2.12. The third-order valence-electron chi connectivity index (χ3n) is 8.53. The van der Waals surface area contributed by atoms with Crippen LogP contribution in [0.2, 0.25) is 0 Å². The molecule has 0 spiro atoms. The van der Waals surface area contributed by atoms with Gasteiger partial charge < -0.3 is 43.8 Å². The molecule has 1 aliphatic rings. The third-order valence-corrected chi connectivity index (χ3v) is 8.53. The summed E-state index contributed by atoms with van der Waals surface area (Å²) >= 11 is 0. The first-order valence-electron chi connectivity index (χ1n) is 19.1. The van der Waals surface area contributed by atoms with Crippen LogP contribution in [0.4, 0.5) is 4.79 Å². The lowest BCUT2D eigenvalue weighted by Gasteiger charge is -2.44. The fraction of sp³-hybridized carbons (Fsp3) is 0.692. The Labute approximate surface area is 318 Å². The molecule has 6 atom stereocenters. The van der Waals surface area contributed by atoms with Gasteiger partial charge in [-0.2, -0.15) is 0 Å². The fourth-order valence-corrected chi connectivity index (χ4v) is 5.90. The van der Waals surface area contributed by atoms with Crippen LogP contribution in [-0.4, -0.2) is 92.4 Å². The summed E-state index contributed by atoms with van der Waals surface area (Å²) in [6.45, 7) is 6.02. The Bertz CT molecular complexity index is 1290. The molecule has 0 aliphatic carbocycles. The van der Waals surface area contributed by atoms with Crippen LogP contribution in [-0.2, 0) is 63.7 Å². The second-order valence-electron chi connectivity index (χ2n) is 13.3. The van der Waals surface area contributed by atoms with Crippen molar-refractivity contribution in [2.45, 2.75) is 155 Å². The van der Waals surface area contributed by atoms with Gasteiger partial charge in [0.25, 0.3) is 0 Å². The number of nitrogens with one attached hydrogen (secondary N) is 2. The first-order valence-corrected chi connectivity index (χ1v) is 19.1. The molecule has 0 radical (unpaired) electrons. The van der Waals surface area contributed by atoms with Crippen LogP contribution in [0.25, 0.3) is 0 Å². The van der Waals surface area contributed by atoms with Gasteiger partial charge in [-0.1, -0.05) is 108 Å². The van der Waals surface area contributed by atoms with Gasteiger partial charge in [0.2, 0.25) is 5.91 Å². The summed E-state index contributed by atoms with van der Waals surface area (Å²) < 4.78 is 38.7. The number of hydrogen-bond acceptors (Lipinski definition) is 13. The SMILES string of the molecule is CCCCCCCCCCCCCCNC(=O)[C@H](CO[C@@H]1O[C@H](COC(C)=O)[C@@H](OC(C)=O)[C@H](OC(C)=O)[C@H]1OC(C)=O)NC(=O)OCc1ccccc1. The molecule has 0 saturated carbocycles. The third kappa shape index (κ3) is 19.2. The largest absolute Gasteiger partial charge is 0.463 e. The maximum absolute atomic E-state index is 13.4. The van der Waals surface area contributed by atoms with E-state index < -0.39 is 85.8 Å². The lowest BCUT2D eigenvalue weighted by atomic mass is 9.98. The topological polar surface area (TPSA) is 191 Å². The number of unbranched alkanes of at least 4 members (excludes halogenated alkanes) is 11. The zero-order valence-corrected chi connectivity index (χ0v) is 32.5. The summed E-state index contributed by atoms with van der Waals surface area (Å²) in [7, 11) is 0. The molecule has 1 aliphatic heterocycles. The van der Waals surface area contributed by atoms with Crippen molar-refractivity contribution in [1.82, 2.24) is 10.6 Å². The molecule has 1 heterocycles. The average Bonchev–Trinajstić information content (AvgIpc) is 3.12. The smallest absolute Gasteiger partial charge is 0.408 e. The maximum Gasteiger partial charge on any atom is 0.408 e. The van der Waals surface area contributed by atoms with Crippen molar-refractivity contribution in [2.24, 2.45) is 0 Å². The van der Waals surface area contributed by atoms with Crippen molar-refractivity contribution < 1.29 is 61.9 Å². The van der Waals surface area contributed by atoms with Crippen molar-refractivity contribution in [1.29, 1.82) is 0 Å². The number of ether oxygens (including phenoxy) is 7. The van der Waals surface area contributed by atoms with Gasteiger partial charge in [0.05, 0.1) is 6.61 Å².